The second kappa shape index (κ2) is 2.97. The lowest BCUT2D eigenvalue weighted by Crippen LogP contribution is -2.37. The molecule has 0 aliphatic carbocycles. The van der Waals surface area contributed by atoms with Crippen molar-refractivity contribution in [3.8, 4) is 0 Å². The van der Waals surface area contributed by atoms with Crippen molar-refractivity contribution in [2.24, 2.45) is 5.92 Å². The molecule has 0 fully saturated rings. The first-order chi connectivity index (χ1) is 6.61. The van der Waals surface area contributed by atoms with E-state index in [1.807, 2.05) is 6.92 Å². The van der Waals surface area contributed by atoms with Gasteiger partial charge in [-0.05, 0) is 12.3 Å². The van der Waals surface area contributed by atoms with Crippen molar-refractivity contribution in [1.29, 1.82) is 0 Å². The Morgan fingerprint density at radius 2 is 2.43 bits per heavy atom. The van der Waals surface area contributed by atoms with Crippen LogP contribution in [0.5, 0.6) is 0 Å². The number of carbonyl (C=O) groups is 1. The lowest BCUT2D eigenvalue weighted by molar-refractivity contribution is -0.143. The Balaban J connectivity index is 2.55. The van der Waals surface area contributed by atoms with E-state index in [9.17, 15) is 9.59 Å². The lowest BCUT2D eigenvalue weighted by Gasteiger charge is -2.26. The Kier molecular flexibility index (Phi) is 1.90. The third-order valence-electron chi connectivity index (χ3n) is 2.67. The number of hydrogen-bond donors (Lipinski definition) is 2. The van der Waals surface area contributed by atoms with Crippen LogP contribution >= 0.6 is 0 Å². The van der Waals surface area contributed by atoms with E-state index in [-0.39, 0.29) is 5.92 Å². The third-order valence-corrected chi connectivity index (χ3v) is 2.67. The zero-order valence-electron chi connectivity index (χ0n) is 7.73. The molecule has 1 aliphatic rings. The molecule has 2 unspecified atom stereocenters. The minimum Gasteiger partial charge on any atom is -0.480 e. The molecule has 0 bridgehead atoms. The SMILES string of the molecule is CC1CCc2n[nH]c(=O)n2C1C(=O)O. The number of nitrogens with one attached hydrogen (secondary N) is 1. The van der Waals surface area contributed by atoms with Crippen molar-refractivity contribution in [2.75, 3.05) is 0 Å². The molecular weight excluding hydrogens is 186 g/mol. The summed E-state index contributed by atoms with van der Waals surface area (Å²) >= 11 is 0. The quantitative estimate of drug-likeness (QED) is 0.651. The summed E-state index contributed by atoms with van der Waals surface area (Å²) in [5.74, 6) is -0.460. The number of carboxylic acid groups (broad SMARTS) is 1. The zero-order valence-corrected chi connectivity index (χ0v) is 7.73. The molecule has 1 aromatic heterocycles. The van der Waals surface area contributed by atoms with Gasteiger partial charge in [-0.3, -0.25) is 4.57 Å². The first-order valence-electron chi connectivity index (χ1n) is 4.50. The molecule has 0 aromatic carbocycles. The number of H-pyrrole nitrogens is 1. The van der Waals surface area contributed by atoms with E-state index in [0.29, 0.717) is 12.2 Å². The number of nitrogens with zero attached hydrogens (tertiary/aromatic N) is 2. The number of aromatic nitrogens is 3. The fourth-order valence-electron chi connectivity index (χ4n) is 1.92. The summed E-state index contributed by atoms with van der Waals surface area (Å²) in [6.45, 7) is 1.83. The molecular formula is C8H11N3O3. The van der Waals surface area contributed by atoms with Crippen LogP contribution < -0.4 is 5.69 Å². The molecule has 2 atom stereocenters. The van der Waals surface area contributed by atoms with Crippen LogP contribution in [0, 0.1) is 5.92 Å². The van der Waals surface area contributed by atoms with Crippen molar-refractivity contribution >= 4 is 5.97 Å². The average Bonchev–Trinajstić information content (AvgIpc) is 2.47. The van der Waals surface area contributed by atoms with Gasteiger partial charge in [-0.1, -0.05) is 6.92 Å². The van der Waals surface area contributed by atoms with E-state index in [4.69, 9.17) is 5.11 Å². The lowest BCUT2D eigenvalue weighted by atomic mass is 9.93. The van der Waals surface area contributed by atoms with Crippen molar-refractivity contribution in [3.05, 3.63) is 16.3 Å². The molecule has 1 aliphatic heterocycles. The Labute approximate surface area is 79.6 Å². The van der Waals surface area contributed by atoms with Gasteiger partial charge in [0.05, 0.1) is 0 Å². The molecule has 1 aromatic rings. The van der Waals surface area contributed by atoms with E-state index >= 15 is 0 Å². The summed E-state index contributed by atoms with van der Waals surface area (Å²) in [5, 5.41) is 15.1. The van der Waals surface area contributed by atoms with Crippen LogP contribution in [-0.4, -0.2) is 25.8 Å². The van der Waals surface area contributed by atoms with Crippen LogP contribution in [0.3, 0.4) is 0 Å². The smallest absolute Gasteiger partial charge is 0.344 e. The van der Waals surface area contributed by atoms with Gasteiger partial charge in [0.1, 0.15) is 11.9 Å². The summed E-state index contributed by atoms with van der Waals surface area (Å²) in [5.41, 5.74) is -0.432. The molecule has 0 amide bonds. The Hall–Kier alpha value is -1.59. The van der Waals surface area contributed by atoms with Gasteiger partial charge in [0.2, 0.25) is 0 Å². The van der Waals surface area contributed by atoms with Gasteiger partial charge in [-0.15, -0.1) is 0 Å². The monoisotopic (exact) mass is 197 g/mol. The first-order valence-corrected chi connectivity index (χ1v) is 4.50. The molecule has 0 saturated carbocycles. The first kappa shape index (κ1) is 8.98. The number of aromatic amines is 1. The van der Waals surface area contributed by atoms with Gasteiger partial charge in [0.25, 0.3) is 0 Å². The topological polar surface area (TPSA) is 88.0 Å². The number of hydrogen-bond acceptors (Lipinski definition) is 3. The number of carboxylic acids is 1. The van der Waals surface area contributed by atoms with Crippen LogP contribution in [0.25, 0.3) is 0 Å². The fourth-order valence-corrected chi connectivity index (χ4v) is 1.92. The Morgan fingerprint density at radius 3 is 3.07 bits per heavy atom. The maximum absolute atomic E-state index is 11.3. The number of rotatable bonds is 1. The van der Waals surface area contributed by atoms with Gasteiger partial charge >= 0.3 is 11.7 Å². The highest BCUT2D eigenvalue weighted by molar-refractivity contribution is 5.72. The van der Waals surface area contributed by atoms with E-state index in [2.05, 4.69) is 10.2 Å². The number of fused-ring (bicyclic) bond motifs is 1. The van der Waals surface area contributed by atoms with Crippen molar-refractivity contribution < 1.29 is 9.90 Å². The highest BCUT2D eigenvalue weighted by atomic mass is 16.4. The normalized spacial score (nSPS) is 25.8. The predicted molar refractivity (Wildman–Crippen MR) is 47.0 cm³/mol. The molecule has 14 heavy (non-hydrogen) atoms. The van der Waals surface area contributed by atoms with Crippen LogP contribution in [0.1, 0.15) is 25.2 Å². The molecule has 2 N–H and O–H groups in total. The van der Waals surface area contributed by atoms with Gasteiger partial charge in [0, 0.05) is 6.42 Å². The number of aryl methyl sites for hydroxylation is 1. The van der Waals surface area contributed by atoms with Gasteiger partial charge in [-0.25, -0.2) is 14.7 Å². The Morgan fingerprint density at radius 1 is 1.71 bits per heavy atom. The maximum Gasteiger partial charge on any atom is 0.344 e. The summed E-state index contributed by atoms with van der Waals surface area (Å²) in [4.78, 5) is 22.3. The highest BCUT2D eigenvalue weighted by Gasteiger charge is 2.34. The van der Waals surface area contributed by atoms with Gasteiger partial charge in [0.15, 0.2) is 0 Å². The zero-order chi connectivity index (χ0) is 10.3. The summed E-state index contributed by atoms with van der Waals surface area (Å²) < 4.78 is 1.25. The molecule has 0 radical (unpaired) electrons. The van der Waals surface area contributed by atoms with Crippen molar-refractivity contribution in [3.63, 3.8) is 0 Å². The molecule has 0 spiro atoms. The summed E-state index contributed by atoms with van der Waals surface area (Å²) in [6, 6.07) is -0.773. The van der Waals surface area contributed by atoms with E-state index in [1.165, 1.54) is 4.57 Å². The number of aliphatic carboxylic acids is 1. The fraction of sp³-hybridized carbons (Fsp3) is 0.625. The van der Waals surface area contributed by atoms with Crippen molar-refractivity contribution in [2.45, 2.75) is 25.8 Å². The third kappa shape index (κ3) is 1.14. The summed E-state index contributed by atoms with van der Waals surface area (Å²) in [7, 11) is 0. The maximum atomic E-state index is 11.3. The van der Waals surface area contributed by atoms with Gasteiger partial charge < -0.3 is 5.11 Å². The molecule has 6 heteroatoms. The van der Waals surface area contributed by atoms with Crippen LogP contribution in [0.15, 0.2) is 4.79 Å². The second-order valence-electron chi connectivity index (χ2n) is 3.61. The summed E-state index contributed by atoms with van der Waals surface area (Å²) in [6.07, 6.45) is 1.41. The second-order valence-corrected chi connectivity index (χ2v) is 3.61. The Bertz CT molecular complexity index is 420. The molecule has 2 rings (SSSR count). The van der Waals surface area contributed by atoms with E-state index < -0.39 is 17.7 Å². The minimum absolute atomic E-state index is 0.0321. The van der Waals surface area contributed by atoms with Crippen LogP contribution in [-0.2, 0) is 11.2 Å². The highest BCUT2D eigenvalue weighted by Crippen LogP contribution is 2.27. The molecule has 2 heterocycles. The van der Waals surface area contributed by atoms with Crippen LogP contribution in [0.2, 0.25) is 0 Å². The van der Waals surface area contributed by atoms with E-state index in [1.54, 1.807) is 0 Å². The van der Waals surface area contributed by atoms with Crippen molar-refractivity contribution in [1.82, 2.24) is 14.8 Å². The minimum atomic E-state index is -0.970. The van der Waals surface area contributed by atoms with Gasteiger partial charge in [-0.2, -0.15) is 5.10 Å². The predicted octanol–water partition coefficient (Wildman–Crippen LogP) is -0.221. The standard InChI is InChI=1S/C8H11N3O3/c1-4-2-3-5-9-10-8(14)11(5)6(4)7(12)13/h4,6H,2-3H2,1H3,(H,10,14)(H,12,13). The molecule has 0 saturated heterocycles. The molecule has 76 valence electrons. The largest absolute Gasteiger partial charge is 0.480 e. The van der Waals surface area contributed by atoms with E-state index in [0.717, 1.165) is 6.42 Å². The van der Waals surface area contributed by atoms with Crippen LogP contribution in [0.4, 0.5) is 0 Å². The average molecular weight is 197 g/mol. The molecule has 6 nitrogen and oxygen atoms in total.